The normalized spacial score (nSPS) is 11.1. The first kappa shape index (κ1) is 24.4. The van der Waals surface area contributed by atoms with Crippen molar-refractivity contribution in [2.24, 2.45) is 0 Å². The summed E-state index contributed by atoms with van der Waals surface area (Å²) in [5.74, 6) is 0.786. The van der Waals surface area contributed by atoms with Crippen LogP contribution in [0.15, 0.2) is 76.8 Å². The van der Waals surface area contributed by atoms with E-state index in [1.165, 1.54) is 6.08 Å². The summed E-state index contributed by atoms with van der Waals surface area (Å²) in [7, 11) is 0. The molecule has 0 aliphatic heterocycles. The Morgan fingerprint density at radius 1 is 1.15 bits per heavy atom. The summed E-state index contributed by atoms with van der Waals surface area (Å²) in [5.41, 5.74) is 2.20. The van der Waals surface area contributed by atoms with Gasteiger partial charge in [0.05, 0.1) is 10.6 Å². The van der Waals surface area contributed by atoms with Crippen LogP contribution in [0.3, 0.4) is 0 Å². The lowest BCUT2D eigenvalue weighted by Gasteiger charge is -2.11. The van der Waals surface area contributed by atoms with E-state index in [1.807, 2.05) is 50.2 Å². The number of ether oxygens (including phenoxy) is 2. The number of carbonyl (C=O) groups excluding carboxylic acids is 1. The van der Waals surface area contributed by atoms with Crippen molar-refractivity contribution in [1.82, 2.24) is 0 Å². The Hall–Kier alpha value is -3.27. The lowest BCUT2D eigenvalue weighted by Crippen LogP contribution is -2.13. The van der Waals surface area contributed by atoms with E-state index >= 15 is 0 Å². The van der Waals surface area contributed by atoms with Gasteiger partial charge in [0, 0.05) is 16.8 Å². The Labute approximate surface area is 206 Å². The lowest BCUT2D eigenvalue weighted by atomic mass is 10.1. The smallest absolute Gasteiger partial charge is 0.266 e. The molecule has 0 unspecified atom stereocenters. The number of halogens is 2. The van der Waals surface area contributed by atoms with Crippen molar-refractivity contribution in [2.45, 2.75) is 26.6 Å². The summed E-state index contributed by atoms with van der Waals surface area (Å²) in [4.78, 5) is 12.6. The molecule has 0 fully saturated rings. The molecule has 0 aromatic heterocycles. The SMILES string of the molecule is CC(C)Oc1cccc(NC(=O)/C(C#N)=C\c2ccc(OCc3ccc(Cl)cc3)c(Br)c2)c1. The number of hydrogen-bond acceptors (Lipinski definition) is 4. The molecule has 0 aliphatic rings. The number of anilines is 1. The molecular formula is C26H22BrClN2O3. The number of hydrogen-bond donors (Lipinski definition) is 1. The van der Waals surface area contributed by atoms with Crippen LogP contribution in [0.1, 0.15) is 25.0 Å². The van der Waals surface area contributed by atoms with Crippen LogP contribution >= 0.6 is 27.5 Å². The van der Waals surface area contributed by atoms with Gasteiger partial charge in [0.2, 0.25) is 0 Å². The van der Waals surface area contributed by atoms with E-state index in [4.69, 9.17) is 21.1 Å². The van der Waals surface area contributed by atoms with Crippen molar-refractivity contribution >= 4 is 45.2 Å². The maximum Gasteiger partial charge on any atom is 0.266 e. The molecule has 0 heterocycles. The Kier molecular flexibility index (Phi) is 8.53. The first-order chi connectivity index (χ1) is 15.8. The lowest BCUT2D eigenvalue weighted by molar-refractivity contribution is -0.112. The van der Waals surface area contributed by atoms with Crippen LogP contribution in [0.2, 0.25) is 5.02 Å². The molecule has 33 heavy (non-hydrogen) atoms. The number of amides is 1. The summed E-state index contributed by atoms with van der Waals surface area (Å²) in [6.07, 6.45) is 1.54. The number of nitrogens with zero attached hydrogens (tertiary/aromatic N) is 1. The van der Waals surface area contributed by atoms with E-state index in [1.54, 1.807) is 36.4 Å². The van der Waals surface area contributed by atoms with Crippen molar-refractivity contribution in [2.75, 3.05) is 5.32 Å². The maximum atomic E-state index is 12.6. The molecule has 1 amide bonds. The first-order valence-corrected chi connectivity index (χ1v) is 11.4. The third-order valence-electron chi connectivity index (χ3n) is 4.40. The van der Waals surface area contributed by atoms with Gasteiger partial charge >= 0.3 is 0 Å². The quantitative estimate of drug-likeness (QED) is 0.253. The van der Waals surface area contributed by atoms with Gasteiger partial charge in [-0.15, -0.1) is 0 Å². The number of carbonyl (C=O) groups is 1. The standard InChI is InChI=1S/C26H22BrClN2O3/c1-17(2)33-23-5-3-4-22(14-23)30-26(31)20(15-29)12-19-8-11-25(24(27)13-19)32-16-18-6-9-21(28)10-7-18/h3-14,17H,16H2,1-2H3,(H,30,31)/b20-12-. The molecule has 3 aromatic carbocycles. The highest BCUT2D eigenvalue weighted by Gasteiger charge is 2.11. The second-order valence-electron chi connectivity index (χ2n) is 7.42. The average Bonchev–Trinajstić information content (AvgIpc) is 2.77. The molecule has 0 aliphatic carbocycles. The minimum Gasteiger partial charge on any atom is -0.491 e. The summed E-state index contributed by atoms with van der Waals surface area (Å²) in [6, 6.07) is 21.8. The third-order valence-corrected chi connectivity index (χ3v) is 5.27. The van der Waals surface area contributed by atoms with Crippen LogP contribution in [-0.4, -0.2) is 12.0 Å². The molecule has 0 atom stereocenters. The van der Waals surface area contributed by atoms with Gasteiger partial charge in [-0.05, 0) is 83.4 Å². The average molecular weight is 526 g/mol. The minimum atomic E-state index is -0.501. The molecule has 168 valence electrons. The van der Waals surface area contributed by atoms with Gasteiger partial charge in [-0.3, -0.25) is 4.79 Å². The topological polar surface area (TPSA) is 71.3 Å². The maximum absolute atomic E-state index is 12.6. The first-order valence-electron chi connectivity index (χ1n) is 10.2. The number of rotatable bonds is 8. The molecule has 0 radical (unpaired) electrons. The Morgan fingerprint density at radius 2 is 1.91 bits per heavy atom. The molecule has 0 bridgehead atoms. The van der Waals surface area contributed by atoms with Crippen LogP contribution in [0, 0.1) is 11.3 Å². The number of nitriles is 1. The fourth-order valence-corrected chi connectivity index (χ4v) is 3.54. The molecule has 0 saturated heterocycles. The third kappa shape index (κ3) is 7.38. The molecule has 0 saturated carbocycles. The molecule has 1 N–H and O–H groups in total. The van der Waals surface area contributed by atoms with E-state index < -0.39 is 5.91 Å². The van der Waals surface area contributed by atoms with Gasteiger partial charge in [-0.2, -0.15) is 5.26 Å². The van der Waals surface area contributed by atoms with Crippen LogP contribution in [-0.2, 0) is 11.4 Å². The van der Waals surface area contributed by atoms with E-state index in [9.17, 15) is 10.1 Å². The van der Waals surface area contributed by atoms with Crippen LogP contribution in [0.4, 0.5) is 5.69 Å². The zero-order valence-corrected chi connectivity index (χ0v) is 20.5. The van der Waals surface area contributed by atoms with E-state index in [0.717, 1.165) is 5.56 Å². The summed E-state index contributed by atoms with van der Waals surface area (Å²) in [5, 5.41) is 12.9. The molecular weight excluding hydrogens is 504 g/mol. The van der Waals surface area contributed by atoms with Gasteiger partial charge in [0.15, 0.2) is 0 Å². The van der Waals surface area contributed by atoms with Crippen molar-refractivity contribution in [3.63, 3.8) is 0 Å². The monoisotopic (exact) mass is 524 g/mol. The predicted octanol–water partition coefficient (Wildman–Crippen LogP) is 7.01. The highest BCUT2D eigenvalue weighted by molar-refractivity contribution is 9.10. The Bertz CT molecular complexity index is 1200. The summed E-state index contributed by atoms with van der Waals surface area (Å²) >= 11 is 9.40. The van der Waals surface area contributed by atoms with Gasteiger partial charge in [-0.25, -0.2) is 0 Å². The minimum absolute atomic E-state index is 0.0158. The predicted molar refractivity (Wildman–Crippen MR) is 134 cm³/mol. The van der Waals surface area contributed by atoms with Crippen LogP contribution in [0.5, 0.6) is 11.5 Å². The molecule has 3 rings (SSSR count). The Balaban J connectivity index is 1.68. The molecule has 0 spiro atoms. The summed E-state index contributed by atoms with van der Waals surface area (Å²) < 4.78 is 12.2. The largest absolute Gasteiger partial charge is 0.491 e. The van der Waals surface area contributed by atoms with Crippen LogP contribution < -0.4 is 14.8 Å². The molecule has 5 nitrogen and oxygen atoms in total. The van der Waals surface area contributed by atoms with Gasteiger partial charge < -0.3 is 14.8 Å². The fourth-order valence-electron chi connectivity index (χ4n) is 2.90. The van der Waals surface area contributed by atoms with Gasteiger partial charge in [0.25, 0.3) is 5.91 Å². The second-order valence-corrected chi connectivity index (χ2v) is 8.71. The van der Waals surface area contributed by atoms with Gasteiger partial charge in [0.1, 0.15) is 29.7 Å². The number of benzene rings is 3. The molecule has 7 heteroatoms. The van der Waals surface area contributed by atoms with Crippen molar-refractivity contribution < 1.29 is 14.3 Å². The van der Waals surface area contributed by atoms with E-state index in [0.29, 0.717) is 38.9 Å². The highest BCUT2D eigenvalue weighted by atomic mass is 79.9. The van der Waals surface area contributed by atoms with E-state index in [2.05, 4.69) is 21.2 Å². The van der Waals surface area contributed by atoms with Crippen molar-refractivity contribution in [3.8, 4) is 17.6 Å². The van der Waals surface area contributed by atoms with E-state index in [-0.39, 0.29) is 11.7 Å². The fraction of sp³-hybridized carbons (Fsp3) is 0.154. The van der Waals surface area contributed by atoms with Crippen molar-refractivity contribution in [3.05, 3.63) is 92.9 Å². The highest BCUT2D eigenvalue weighted by Crippen LogP contribution is 2.28. The van der Waals surface area contributed by atoms with Gasteiger partial charge in [-0.1, -0.05) is 35.9 Å². The molecule has 3 aromatic rings. The zero-order valence-electron chi connectivity index (χ0n) is 18.1. The second kappa shape index (κ2) is 11.6. The van der Waals surface area contributed by atoms with Crippen molar-refractivity contribution in [1.29, 1.82) is 5.26 Å². The van der Waals surface area contributed by atoms with Crippen LogP contribution in [0.25, 0.3) is 6.08 Å². The summed E-state index contributed by atoms with van der Waals surface area (Å²) in [6.45, 7) is 4.23. The Morgan fingerprint density at radius 3 is 2.58 bits per heavy atom. The number of nitrogens with one attached hydrogen (secondary N) is 1. The zero-order chi connectivity index (χ0) is 23.8.